The quantitative estimate of drug-likeness (QED) is 0.233. The molecule has 0 spiro atoms. The molecule has 1 N–H and O–H groups in total. The molecule has 180 valence electrons. The molecule has 1 amide bonds. The predicted molar refractivity (Wildman–Crippen MR) is 141 cm³/mol. The molecule has 2 aromatic heterocycles. The van der Waals surface area contributed by atoms with Crippen molar-refractivity contribution in [3.63, 3.8) is 0 Å². The van der Waals surface area contributed by atoms with Crippen LogP contribution in [-0.2, 0) is 12.3 Å². The fourth-order valence-corrected chi connectivity index (χ4v) is 5.46. The molecule has 2 heterocycles. The highest BCUT2D eigenvalue weighted by molar-refractivity contribution is 7.98. The topological polar surface area (TPSA) is 72.7 Å². The molecule has 10 heteroatoms. The van der Waals surface area contributed by atoms with Crippen molar-refractivity contribution in [1.29, 1.82) is 0 Å². The Hall–Kier alpha value is -3.53. The SMILES string of the molecule is O=C(NCc1ccccc1)c1csc(CSc2nnc(-c3ccccc3Cl)n2-c2ccccc2F)n1. The summed E-state index contributed by atoms with van der Waals surface area (Å²) in [6.45, 7) is 0.428. The van der Waals surface area contributed by atoms with Gasteiger partial charge in [-0.1, -0.05) is 78.0 Å². The van der Waals surface area contributed by atoms with E-state index in [0.717, 1.165) is 10.6 Å². The summed E-state index contributed by atoms with van der Waals surface area (Å²) in [4.78, 5) is 17.0. The summed E-state index contributed by atoms with van der Waals surface area (Å²) in [7, 11) is 0. The molecule has 0 aliphatic heterocycles. The number of benzene rings is 3. The smallest absolute Gasteiger partial charge is 0.271 e. The number of aromatic nitrogens is 4. The van der Waals surface area contributed by atoms with Gasteiger partial charge in [-0.15, -0.1) is 21.5 Å². The van der Waals surface area contributed by atoms with Crippen molar-refractivity contribution in [3.05, 3.63) is 111 Å². The molecule has 0 saturated carbocycles. The third-order valence-corrected chi connectivity index (χ3v) is 7.55. The Kier molecular flexibility index (Phi) is 7.41. The van der Waals surface area contributed by atoms with Crippen LogP contribution in [0, 0.1) is 5.82 Å². The molecule has 0 fully saturated rings. The Morgan fingerprint density at radius 1 is 1.00 bits per heavy atom. The third-order valence-electron chi connectivity index (χ3n) is 5.25. The predicted octanol–water partition coefficient (Wildman–Crippen LogP) is 6.41. The van der Waals surface area contributed by atoms with Gasteiger partial charge in [-0.25, -0.2) is 9.37 Å². The van der Waals surface area contributed by atoms with Crippen LogP contribution in [0.5, 0.6) is 0 Å². The number of nitrogens with one attached hydrogen (secondary N) is 1. The van der Waals surface area contributed by atoms with Gasteiger partial charge >= 0.3 is 0 Å². The highest BCUT2D eigenvalue weighted by Crippen LogP contribution is 2.34. The van der Waals surface area contributed by atoms with Crippen LogP contribution in [0.2, 0.25) is 5.02 Å². The molecular weight excluding hydrogens is 517 g/mol. The summed E-state index contributed by atoms with van der Waals surface area (Å²) in [5.74, 6) is 0.237. The van der Waals surface area contributed by atoms with Gasteiger partial charge in [0.25, 0.3) is 5.91 Å². The van der Waals surface area contributed by atoms with Gasteiger partial charge in [0.05, 0.1) is 16.5 Å². The van der Waals surface area contributed by atoms with Gasteiger partial charge in [-0.3, -0.25) is 9.36 Å². The minimum absolute atomic E-state index is 0.234. The summed E-state index contributed by atoms with van der Waals surface area (Å²) in [5, 5.41) is 15.0. The number of hydrogen-bond acceptors (Lipinski definition) is 6. The van der Waals surface area contributed by atoms with Gasteiger partial charge in [-0.2, -0.15) is 0 Å². The molecule has 5 rings (SSSR count). The van der Waals surface area contributed by atoms with Gasteiger partial charge < -0.3 is 5.32 Å². The Morgan fingerprint density at radius 3 is 2.56 bits per heavy atom. The molecule has 5 aromatic rings. The Bertz CT molecular complexity index is 1510. The number of nitrogens with zero attached hydrogens (tertiary/aromatic N) is 4. The lowest BCUT2D eigenvalue weighted by Crippen LogP contribution is -2.23. The molecule has 0 aliphatic rings. The van der Waals surface area contributed by atoms with Crippen LogP contribution in [0.25, 0.3) is 17.1 Å². The van der Waals surface area contributed by atoms with Crippen LogP contribution in [0.15, 0.2) is 89.4 Å². The Labute approximate surface area is 220 Å². The molecule has 0 unspecified atom stereocenters. The van der Waals surface area contributed by atoms with Gasteiger partial charge in [-0.05, 0) is 29.8 Å². The molecule has 6 nitrogen and oxygen atoms in total. The first kappa shape index (κ1) is 24.2. The third kappa shape index (κ3) is 5.33. The fraction of sp³-hybridized carbons (Fsp3) is 0.0769. The van der Waals surface area contributed by atoms with E-state index in [4.69, 9.17) is 11.6 Å². The Morgan fingerprint density at radius 2 is 1.75 bits per heavy atom. The summed E-state index contributed by atoms with van der Waals surface area (Å²) in [5.41, 5.74) is 2.34. The van der Waals surface area contributed by atoms with E-state index in [-0.39, 0.29) is 5.91 Å². The molecule has 0 aliphatic carbocycles. The van der Waals surface area contributed by atoms with Crippen molar-refractivity contribution in [2.75, 3.05) is 0 Å². The average molecular weight is 536 g/mol. The number of para-hydroxylation sites is 1. The molecular formula is C26H19ClFN5OS2. The van der Waals surface area contributed by atoms with E-state index in [0.29, 0.717) is 45.2 Å². The lowest BCUT2D eigenvalue weighted by Gasteiger charge is -2.11. The van der Waals surface area contributed by atoms with E-state index in [1.807, 2.05) is 48.5 Å². The highest BCUT2D eigenvalue weighted by Gasteiger charge is 2.21. The minimum atomic E-state index is -0.404. The number of halogens is 2. The van der Waals surface area contributed by atoms with Crippen molar-refractivity contribution in [2.45, 2.75) is 17.5 Å². The first-order chi connectivity index (χ1) is 17.6. The first-order valence-corrected chi connectivity index (χ1v) is 13.2. The van der Waals surface area contributed by atoms with Crippen LogP contribution < -0.4 is 5.32 Å². The van der Waals surface area contributed by atoms with Gasteiger partial charge in [0.2, 0.25) is 0 Å². The zero-order valence-electron chi connectivity index (χ0n) is 18.8. The second kappa shape index (κ2) is 11.0. The summed E-state index contributed by atoms with van der Waals surface area (Å²) in [6.07, 6.45) is 0. The molecule has 3 aromatic carbocycles. The lowest BCUT2D eigenvalue weighted by molar-refractivity contribution is 0.0946. The second-order valence-corrected chi connectivity index (χ2v) is 9.95. The minimum Gasteiger partial charge on any atom is -0.347 e. The number of rotatable bonds is 8. The van der Waals surface area contributed by atoms with E-state index in [2.05, 4.69) is 20.5 Å². The number of hydrogen-bond donors (Lipinski definition) is 1. The van der Waals surface area contributed by atoms with Crippen molar-refractivity contribution in [1.82, 2.24) is 25.1 Å². The summed E-state index contributed by atoms with van der Waals surface area (Å²) >= 11 is 9.15. The largest absolute Gasteiger partial charge is 0.347 e. The van der Waals surface area contributed by atoms with Crippen LogP contribution in [-0.4, -0.2) is 25.7 Å². The number of thioether (sulfide) groups is 1. The number of carbonyl (C=O) groups excluding carboxylic acids is 1. The maximum Gasteiger partial charge on any atom is 0.271 e. The molecule has 0 saturated heterocycles. The summed E-state index contributed by atoms with van der Waals surface area (Å²) < 4.78 is 16.5. The standard InChI is InChI=1S/C26H19ClFN5OS2/c27-19-11-5-4-10-18(19)24-31-32-26(33(24)22-13-7-6-12-20(22)28)36-16-23-30-21(15-35-23)25(34)29-14-17-8-2-1-3-9-17/h1-13,15H,14,16H2,(H,29,34). The molecule has 36 heavy (non-hydrogen) atoms. The van der Waals surface area contributed by atoms with E-state index in [1.165, 1.54) is 29.2 Å². The van der Waals surface area contributed by atoms with E-state index in [9.17, 15) is 9.18 Å². The number of thiazole rings is 1. The van der Waals surface area contributed by atoms with Crippen LogP contribution in [0.3, 0.4) is 0 Å². The van der Waals surface area contributed by atoms with Gasteiger partial charge in [0, 0.05) is 17.5 Å². The average Bonchev–Trinajstić information content (AvgIpc) is 3.55. The van der Waals surface area contributed by atoms with Crippen molar-refractivity contribution in [2.24, 2.45) is 0 Å². The first-order valence-electron chi connectivity index (χ1n) is 10.9. The second-order valence-electron chi connectivity index (χ2n) is 7.66. The normalized spacial score (nSPS) is 10.9. The number of carbonyl (C=O) groups is 1. The van der Waals surface area contributed by atoms with Gasteiger partial charge in [0.1, 0.15) is 16.5 Å². The van der Waals surface area contributed by atoms with E-state index >= 15 is 0 Å². The number of amides is 1. The van der Waals surface area contributed by atoms with Crippen molar-refractivity contribution >= 4 is 40.6 Å². The monoisotopic (exact) mass is 535 g/mol. The summed E-state index contributed by atoms with van der Waals surface area (Å²) in [6, 6.07) is 23.4. The van der Waals surface area contributed by atoms with Crippen LogP contribution in [0.1, 0.15) is 21.1 Å². The maximum atomic E-state index is 14.8. The zero-order valence-corrected chi connectivity index (χ0v) is 21.2. The van der Waals surface area contributed by atoms with Crippen molar-refractivity contribution in [3.8, 4) is 17.1 Å². The van der Waals surface area contributed by atoms with Gasteiger partial charge in [0.15, 0.2) is 11.0 Å². The fourth-order valence-electron chi connectivity index (χ4n) is 3.51. The highest BCUT2D eigenvalue weighted by atomic mass is 35.5. The molecule has 0 bridgehead atoms. The molecule has 0 atom stereocenters. The maximum absolute atomic E-state index is 14.8. The molecule has 0 radical (unpaired) electrons. The van der Waals surface area contributed by atoms with Crippen molar-refractivity contribution < 1.29 is 9.18 Å². The van der Waals surface area contributed by atoms with E-state index < -0.39 is 5.82 Å². The van der Waals surface area contributed by atoms with Crippen LogP contribution in [0.4, 0.5) is 4.39 Å². The Balaban J connectivity index is 1.35. The lowest BCUT2D eigenvalue weighted by atomic mass is 10.2. The van der Waals surface area contributed by atoms with E-state index in [1.54, 1.807) is 34.2 Å². The zero-order chi connectivity index (χ0) is 24.9. The van der Waals surface area contributed by atoms with Crippen LogP contribution >= 0.6 is 34.7 Å².